The summed E-state index contributed by atoms with van der Waals surface area (Å²) in [7, 11) is 6.02. The summed E-state index contributed by atoms with van der Waals surface area (Å²) in [5.74, 6) is -0.348. The molecule has 2 aromatic rings. The first-order chi connectivity index (χ1) is 13.6. The van der Waals surface area contributed by atoms with E-state index in [0.717, 1.165) is 42.5 Å². The van der Waals surface area contributed by atoms with Crippen LogP contribution in [0.5, 0.6) is 0 Å². The number of carbonyl (C=O) groups excluding carboxylic acids is 1. The zero-order valence-corrected chi connectivity index (χ0v) is 17.2. The van der Waals surface area contributed by atoms with Crippen LogP contribution in [0, 0.1) is 0 Å². The molecule has 1 aliphatic rings. The van der Waals surface area contributed by atoms with Gasteiger partial charge in [-0.3, -0.25) is 4.98 Å². The summed E-state index contributed by atoms with van der Waals surface area (Å²) in [6.45, 7) is 8.80. The molecule has 1 N–H and O–H groups in total. The molecule has 1 aromatic heterocycles. The van der Waals surface area contributed by atoms with Crippen molar-refractivity contribution in [1.29, 1.82) is 0 Å². The first-order valence-corrected chi connectivity index (χ1v) is 10.4. The number of fused-ring (bicyclic) bond motifs is 1. The van der Waals surface area contributed by atoms with E-state index in [9.17, 15) is 4.79 Å². The molecule has 0 amide bonds. The lowest BCUT2D eigenvalue weighted by molar-refractivity contribution is 0.0527. The summed E-state index contributed by atoms with van der Waals surface area (Å²) in [6.07, 6.45) is 6.10. The third-order valence-corrected chi connectivity index (χ3v) is 5.76. The van der Waals surface area contributed by atoms with Crippen molar-refractivity contribution in [2.24, 2.45) is 0 Å². The van der Waals surface area contributed by atoms with Crippen LogP contribution in [0.1, 0.15) is 56.8 Å². The zero-order chi connectivity index (χ0) is 20.1. The van der Waals surface area contributed by atoms with Crippen LogP contribution in [0.15, 0.2) is 24.4 Å². The van der Waals surface area contributed by atoms with E-state index in [2.05, 4.69) is 29.0 Å². The molecule has 0 atom stereocenters. The fourth-order valence-corrected chi connectivity index (χ4v) is 4.26. The predicted molar refractivity (Wildman–Crippen MR) is 116 cm³/mol. The van der Waals surface area contributed by atoms with Crippen LogP contribution in [0.2, 0.25) is 0 Å². The van der Waals surface area contributed by atoms with Crippen LogP contribution in [0.25, 0.3) is 10.9 Å². The number of pyridine rings is 1. The van der Waals surface area contributed by atoms with Gasteiger partial charge in [-0.2, -0.15) is 0 Å². The molecule has 1 aliphatic carbocycles. The number of carbonyl (C=O) groups is 1. The van der Waals surface area contributed by atoms with Crippen LogP contribution >= 0.6 is 0 Å². The lowest BCUT2D eigenvalue weighted by Gasteiger charge is -2.36. The van der Waals surface area contributed by atoms with Crippen molar-refractivity contribution in [2.75, 3.05) is 25.0 Å². The Kier molecular flexibility index (Phi) is 6.95. The molecule has 1 aromatic carbocycles. The largest absolute Gasteiger partial charge is 0.462 e. The second-order valence-corrected chi connectivity index (χ2v) is 7.41. The predicted octanol–water partition coefficient (Wildman–Crippen LogP) is 3.27. The molecule has 5 nitrogen and oxygen atoms in total. The fourth-order valence-electron chi connectivity index (χ4n) is 4.26. The van der Waals surface area contributed by atoms with E-state index in [-0.39, 0.29) is 5.97 Å². The van der Waals surface area contributed by atoms with E-state index in [1.165, 1.54) is 12.8 Å². The molecule has 1 heterocycles. The number of nitrogens with zero attached hydrogens (tertiary/aromatic N) is 2. The molecule has 0 saturated heterocycles. The SMILES string of the molecule is [B]c1ccc2ncc(C(=O)OCC)c(NC3CCC(N(CC)CC)CC3)c2c1. The number of anilines is 1. The number of nitrogens with one attached hydrogen (secondary N) is 1. The number of esters is 1. The van der Waals surface area contributed by atoms with E-state index in [1.807, 2.05) is 25.1 Å². The molecule has 6 heteroatoms. The van der Waals surface area contributed by atoms with Gasteiger partial charge in [-0.15, -0.1) is 0 Å². The van der Waals surface area contributed by atoms with Gasteiger partial charge in [0, 0.05) is 23.7 Å². The number of hydrogen-bond acceptors (Lipinski definition) is 5. The van der Waals surface area contributed by atoms with E-state index < -0.39 is 0 Å². The fraction of sp³-hybridized carbons (Fsp3) is 0.545. The van der Waals surface area contributed by atoms with Crippen molar-refractivity contribution in [1.82, 2.24) is 9.88 Å². The lowest BCUT2D eigenvalue weighted by Crippen LogP contribution is -2.40. The Labute approximate surface area is 169 Å². The first-order valence-electron chi connectivity index (χ1n) is 10.4. The van der Waals surface area contributed by atoms with Gasteiger partial charge in [0.15, 0.2) is 0 Å². The van der Waals surface area contributed by atoms with Crippen molar-refractivity contribution in [3.05, 3.63) is 30.0 Å². The van der Waals surface area contributed by atoms with Gasteiger partial charge in [0.2, 0.25) is 0 Å². The van der Waals surface area contributed by atoms with Gasteiger partial charge in [0.25, 0.3) is 0 Å². The Balaban J connectivity index is 1.86. The minimum atomic E-state index is -0.348. The molecule has 2 radical (unpaired) electrons. The number of ether oxygens (including phenoxy) is 1. The third-order valence-electron chi connectivity index (χ3n) is 5.76. The van der Waals surface area contributed by atoms with Gasteiger partial charge in [-0.1, -0.05) is 31.4 Å². The van der Waals surface area contributed by atoms with Gasteiger partial charge in [0.1, 0.15) is 13.4 Å². The normalized spacial score (nSPS) is 19.7. The summed E-state index contributed by atoms with van der Waals surface area (Å²) in [5.41, 5.74) is 2.75. The highest BCUT2D eigenvalue weighted by molar-refractivity contribution is 6.33. The summed E-state index contributed by atoms with van der Waals surface area (Å²) in [4.78, 5) is 19.5. The van der Waals surface area contributed by atoms with E-state index >= 15 is 0 Å². The second kappa shape index (κ2) is 9.42. The smallest absolute Gasteiger partial charge is 0.341 e. The standard InChI is InChI=1S/C22H30BN3O2/c1-4-26(5-2)17-10-8-16(9-11-17)25-21-18-13-15(23)7-12-20(18)24-14-19(21)22(27)28-6-3/h7,12-14,16-17H,4-6,8-11H2,1-3H3,(H,24,25). The molecule has 28 heavy (non-hydrogen) atoms. The van der Waals surface area contributed by atoms with Gasteiger partial charge in [0.05, 0.1) is 17.8 Å². The zero-order valence-electron chi connectivity index (χ0n) is 17.2. The van der Waals surface area contributed by atoms with Crippen molar-refractivity contribution in [3.8, 4) is 0 Å². The molecule has 0 bridgehead atoms. The number of rotatable bonds is 7. The van der Waals surface area contributed by atoms with Crippen LogP contribution < -0.4 is 10.8 Å². The topological polar surface area (TPSA) is 54.5 Å². The maximum atomic E-state index is 12.5. The molecule has 1 saturated carbocycles. The van der Waals surface area contributed by atoms with Crippen molar-refractivity contribution in [2.45, 2.75) is 58.5 Å². The minimum Gasteiger partial charge on any atom is -0.462 e. The second-order valence-electron chi connectivity index (χ2n) is 7.41. The highest BCUT2D eigenvalue weighted by Gasteiger charge is 2.26. The van der Waals surface area contributed by atoms with E-state index in [1.54, 1.807) is 6.20 Å². The van der Waals surface area contributed by atoms with Gasteiger partial charge >= 0.3 is 5.97 Å². The number of aromatic nitrogens is 1. The van der Waals surface area contributed by atoms with Gasteiger partial charge in [-0.25, -0.2) is 4.79 Å². The van der Waals surface area contributed by atoms with Crippen LogP contribution in [0.3, 0.4) is 0 Å². The highest BCUT2D eigenvalue weighted by atomic mass is 16.5. The molecular formula is C22H30BN3O2. The third kappa shape index (κ3) is 4.49. The summed E-state index contributed by atoms with van der Waals surface area (Å²) >= 11 is 0. The Hall–Kier alpha value is -2.08. The molecule has 0 spiro atoms. The van der Waals surface area contributed by atoms with Crippen molar-refractivity contribution < 1.29 is 9.53 Å². The average Bonchev–Trinajstić information content (AvgIpc) is 2.70. The highest BCUT2D eigenvalue weighted by Crippen LogP contribution is 2.31. The van der Waals surface area contributed by atoms with E-state index in [0.29, 0.717) is 29.7 Å². The Morgan fingerprint density at radius 3 is 2.57 bits per heavy atom. The van der Waals surface area contributed by atoms with Crippen molar-refractivity contribution in [3.63, 3.8) is 0 Å². The lowest BCUT2D eigenvalue weighted by atomic mass is 9.89. The van der Waals surface area contributed by atoms with Gasteiger partial charge in [-0.05, 0) is 51.8 Å². The maximum absolute atomic E-state index is 12.5. The summed E-state index contributed by atoms with van der Waals surface area (Å²) < 4.78 is 5.26. The average molecular weight is 379 g/mol. The molecule has 3 rings (SSSR count). The first kappa shape index (κ1) is 20.7. The number of benzene rings is 1. The van der Waals surface area contributed by atoms with Crippen LogP contribution in [-0.4, -0.2) is 55.5 Å². The molecule has 0 unspecified atom stereocenters. The van der Waals surface area contributed by atoms with Crippen LogP contribution in [-0.2, 0) is 4.74 Å². The Morgan fingerprint density at radius 2 is 1.93 bits per heavy atom. The number of hydrogen-bond donors (Lipinski definition) is 1. The Bertz CT molecular complexity index is 815. The summed E-state index contributed by atoms with van der Waals surface area (Å²) in [6, 6.07) is 6.59. The van der Waals surface area contributed by atoms with Crippen molar-refractivity contribution >= 4 is 35.9 Å². The van der Waals surface area contributed by atoms with Gasteiger partial charge < -0.3 is 15.0 Å². The maximum Gasteiger partial charge on any atom is 0.341 e. The molecular weight excluding hydrogens is 349 g/mol. The van der Waals surface area contributed by atoms with Crippen LogP contribution in [0.4, 0.5) is 5.69 Å². The minimum absolute atomic E-state index is 0.326. The van der Waals surface area contributed by atoms with E-state index in [4.69, 9.17) is 12.6 Å². The quantitative estimate of drug-likeness (QED) is 0.591. The summed E-state index contributed by atoms with van der Waals surface area (Å²) in [5, 5.41) is 4.51. The Morgan fingerprint density at radius 1 is 1.21 bits per heavy atom. The molecule has 148 valence electrons. The monoisotopic (exact) mass is 379 g/mol. The molecule has 0 aliphatic heterocycles. The molecule has 1 fully saturated rings.